The first kappa shape index (κ1) is 23.0. The third-order valence-electron chi connectivity index (χ3n) is 6.07. The van der Waals surface area contributed by atoms with E-state index < -0.39 is 5.82 Å². The van der Waals surface area contributed by atoms with E-state index in [0.717, 1.165) is 30.9 Å². The van der Waals surface area contributed by atoms with Crippen molar-refractivity contribution < 1.29 is 23.5 Å². The first-order valence-electron chi connectivity index (χ1n) is 10.5. The molecular weight excluding hydrogens is 456 g/mol. The molecule has 170 valence electrons. The number of carbonyl (C=O) groups excluding carboxylic acids is 2. The number of nitrogens with one attached hydrogen (secondary N) is 1. The Morgan fingerprint density at radius 1 is 1.06 bits per heavy atom. The predicted molar refractivity (Wildman–Crippen MR) is 120 cm³/mol. The molecule has 0 saturated heterocycles. The average molecular weight is 480 g/mol. The minimum absolute atomic E-state index is 0.00187. The van der Waals surface area contributed by atoms with E-state index in [2.05, 4.69) is 5.32 Å². The molecule has 5 nitrogen and oxygen atoms in total. The molecule has 3 fully saturated rings. The minimum Gasteiger partial charge on any atom is -0.484 e. The molecule has 8 heteroatoms. The summed E-state index contributed by atoms with van der Waals surface area (Å²) in [6, 6.07) is 11.6. The lowest BCUT2D eigenvalue weighted by molar-refractivity contribution is -0.174. The van der Waals surface area contributed by atoms with E-state index in [1.807, 2.05) is 24.3 Å². The molecule has 0 aromatic heterocycles. The first-order chi connectivity index (χ1) is 15.3. The average Bonchev–Trinajstić information content (AvgIpc) is 2.70. The number of hydrogen-bond donors (Lipinski definition) is 1. The number of Topliss-reactive ketones (excluding diaryl/α,β-unsaturated/α-hetero) is 1. The highest BCUT2D eigenvalue weighted by molar-refractivity contribution is 6.31. The summed E-state index contributed by atoms with van der Waals surface area (Å²) in [6.07, 6.45) is 3.54. The molecule has 3 aliphatic carbocycles. The van der Waals surface area contributed by atoms with Crippen LogP contribution < -0.4 is 10.1 Å². The Morgan fingerprint density at radius 3 is 2.56 bits per heavy atom. The highest BCUT2D eigenvalue weighted by Crippen LogP contribution is 2.68. The summed E-state index contributed by atoms with van der Waals surface area (Å²) in [4.78, 5) is 24.5. The predicted octanol–water partition coefficient (Wildman–Crippen LogP) is 4.77. The topological polar surface area (TPSA) is 64.6 Å². The van der Waals surface area contributed by atoms with Gasteiger partial charge in [-0.1, -0.05) is 35.3 Å². The number of ketones is 1. The highest BCUT2D eigenvalue weighted by atomic mass is 35.5. The van der Waals surface area contributed by atoms with E-state index >= 15 is 0 Å². The molecule has 0 spiro atoms. The van der Waals surface area contributed by atoms with Crippen molar-refractivity contribution >= 4 is 34.9 Å². The summed E-state index contributed by atoms with van der Waals surface area (Å²) in [7, 11) is 0. The summed E-state index contributed by atoms with van der Waals surface area (Å²) in [5.41, 5.74) is 0.826. The number of hydrogen-bond acceptors (Lipinski definition) is 4. The largest absolute Gasteiger partial charge is 0.484 e. The maximum absolute atomic E-state index is 13.4. The summed E-state index contributed by atoms with van der Waals surface area (Å²) in [6.45, 7) is 0.374. The fourth-order valence-corrected chi connectivity index (χ4v) is 5.23. The van der Waals surface area contributed by atoms with Gasteiger partial charge in [0.05, 0.1) is 11.6 Å². The zero-order valence-corrected chi connectivity index (χ0v) is 19.0. The highest BCUT2D eigenvalue weighted by Gasteiger charge is 2.68. The van der Waals surface area contributed by atoms with E-state index in [4.69, 9.17) is 32.7 Å². The third-order valence-corrected chi connectivity index (χ3v) is 6.61. The summed E-state index contributed by atoms with van der Waals surface area (Å²) in [5, 5.41) is 3.68. The number of rotatable bonds is 11. The first-order valence-corrected chi connectivity index (χ1v) is 11.2. The van der Waals surface area contributed by atoms with Gasteiger partial charge in [0.15, 0.2) is 12.4 Å². The normalized spacial score (nSPS) is 23.1. The van der Waals surface area contributed by atoms with Crippen LogP contribution in [0.5, 0.6) is 5.75 Å². The molecule has 0 unspecified atom stereocenters. The molecule has 2 bridgehead atoms. The number of halogens is 3. The Hall–Kier alpha value is -2.15. The summed E-state index contributed by atoms with van der Waals surface area (Å²) >= 11 is 11.6. The smallest absolute Gasteiger partial charge is 0.258 e. The van der Waals surface area contributed by atoms with E-state index in [9.17, 15) is 14.0 Å². The van der Waals surface area contributed by atoms with E-state index in [1.165, 1.54) is 12.1 Å². The van der Waals surface area contributed by atoms with Crippen LogP contribution >= 0.6 is 23.2 Å². The lowest BCUT2D eigenvalue weighted by atomic mass is 9.38. The van der Waals surface area contributed by atoms with Crippen LogP contribution in [-0.2, 0) is 20.7 Å². The molecule has 0 radical (unpaired) electrons. The van der Waals surface area contributed by atoms with Gasteiger partial charge < -0.3 is 14.8 Å². The summed E-state index contributed by atoms with van der Waals surface area (Å²) in [5.74, 6) is -0.519. The van der Waals surface area contributed by atoms with E-state index in [-0.39, 0.29) is 46.6 Å². The van der Waals surface area contributed by atoms with Gasteiger partial charge in [-0.2, -0.15) is 0 Å². The number of carbonyl (C=O) groups is 2. The van der Waals surface area contributed by atoms with Crippen LogP contribution in [0.15, 0.2) is 42.5 Å². The number of ether oxygens (including phenoxy) is 2. The van der Waals surface area contributed by atoms with E-state index in [0.29, 0.717) is 24.5 Å². The van der Waals surface area contributed by atoms with Crippen LogP contribution in [0.3, 0.4) is 0 Å². The van der Waals surface area contributed by atoms with Crippen molar-refractivity contribution in [3.63, 3.8) is 0 Å². The Labute approximate surface area is 196 Å². The Kier molecular flexibility index (Phi) is 6.75. The lowest BCUT2D eigenvalue weighted by Gasteiger charge is -2.70. The molecule has 0 heterocycles. The molecule has 1 amide bonds. The molecular formula is C24H24Cl2FNO4. The van der Waals surface area contributed by atoms with Crippen LogP contribution in [0, 0.1) is 11.2 Å². The van der Waals surface area contributed by atoms with Crippen LogP contribution in [0.1, 0.15) is 31.2 Å². The van der Waals surface area contributed by atoms with Crippen molar-refractivity contribution in [1.29, 1.82) is 0 Å². The van der Waals surface area contributed by atoms with Gasteiger partial charge in [0.25, 0.3) is 5.91 Å². The van der Waals surface area contributed by atoms with Crippen molar-refractivity contribution in [3.05, 3.63) is 63.9 Å². The zero-order chi connectivity index (χ0) is 22.8. The van der Waals surface area contributed by atoms with Crippen LogP contribution in [0.2, 0.25) is 10.0 Å². The number of benzene rings is 2. The van der Waals surface area contributed by atoms with E-state index in [1.54, 1.807) is 0 Å². The fourth-order valence-electron chi connectivity index (χ4n) is 4.90. The molecule has 5 rings (SSSR count). The van der Waals surface area contributed by atoms with Gasteiger partial charge in [0.2, 0.25) is 0 Å². The second-order valence-electron chi connectivity index (χ2n) is 8.87. The van der Waals surface area contributed by atoms with Gasteiger partial charge in [0.1, 0.15) is 18.2 Å². The Balaban J connectivity index is 1.11. The molecule has 0 atom stereocenters. The minimum atomic E-state index is -0.593. The standard InChI is InChI=1S/C24H24Cl2FNO4/c25-17-3-1-2-16(8-17)6-7-31-11-18(29)10-23-13-24(14-23,15-23)28-22(30)12-32-19-4-5-20(26)21(27)9-19/h1-5,8-9H,6-7,10-15H2,(H,28,30). The van der Waals surface area contributed by atoms with Gasteiger partial charge in [-0.05, 0) is 60.9 Å². The van der Waals surface area contributed by atoms with Gasteiger partial charge in [-0.15, -0.1) is 0 Å². The van der Waals surface area contributed by atoms with Crippen molar-refractivity contribution in [2.45, 2.75) is 37.6 Å². The molecule has 0 aliphatic heterocycles. The molecule has 3 aliphatic rings. The molecule has 3 saturated carbocycles. The molecule has 2 aromatic carbocycles. The second-order valence-corrected chi connectivity index (χ2v) is 9.72. The SMILES string of the molecule is O=C(COCCc1cccc(Cl)c1)CC12CC(NC(=O)COc3ccc(Cl)c(F)c3)(C1)C2. The van der Waals surface area contributed by atoms with Gasteiger partial charge in [-0.25, -0.2) is 4.39 Å². The third kappa shape index (κ3) is 5.42. The molecule has 1 N–H and O–H groups in total. The van der Waals surface area contributed by atoms with Crippen LogP contribution in [0.4, 0.5) is 4.39 Å². The Morgan fingerprint density at radius 2 is 1.84 bits per heavy atom. The molecule has 32 heavy (non-hydrogen) atoms. The van der Waals surface area contributed by atoms with Crippen molar-refractivity contribution in [2.75, 3.05) is 19.8 Å². The van der Waals surface area contributed by atoms with Crippen LogP contribution in [-0.4, -0.2) is 37.0 Å². The fraction of sp³-hybridized carbons (Fsp3) is 0.417. The van der Waals surface area contributed by atoms with Gasteiger partial charge >= 0.3 is 0 Å². The van der Waals surface area contributed by atoms with Crippen LogP contribution in [0.25, 0.3) is 0 Å². The summed E-state index contributed by atoms with van der Waals surface area (Å²) < 4.78 is 24.3. The Bertz CT molecular complexity index is 1010. The molecule has 2 aromatic rings. The van der Waals surface area contributed by atoms with Gasteiger partial charge in [-0.3, -0.25) is 9.59 Å². The maximum atomic E-state index is 13.4. The zero-order valence-electron chi connectivity index (χ0n) is 17.5. The van der Waals surface area contributed by atoms with Crippen molar-refractivity contribution in [2.24, 2.45) is 5.41 Å². The van der Waals surface area contributed by atoms with Crippen molar-refractivity contribution in [3.8, 4) is 5.75 Å². The monoisotopic (exact) mass is 479 g/mol. The number of amides is 1. The maximum Gasteiger partial charge on any atom is 0.258 e. The van der Waals surface area contributed by atoms with Gasteiger partial charge in [0, 0.05) is 23.0 Å². The van der Waals surface area contributed by atoms with Crippen molar-refractivity contribution in [1.82, 2.24) is 5.32 Å². The second kappa shape index (κ2) is 9.38. The lowest BCUT2D eigenvalue weighted by Crippen LogP contribution is -2.75. The quantitative estimate of drug-likeness (QED) is 0.471.